The summed E-state index contributed by atoms with van der Waals surface area (Å²) in [4.78, 5) is 11.9. The minimum absolute atomic E-state index is 0.355. The number of hydrogen-bond donors (Lipinski definition) is 1. The first-order valence-electron chi connectivity index (χ1n) is 5.85. The van der Waals surface area contributed by atoms with E-state index >= 15 is 0 Å². The van der Waals surface area contributed by atoms with Crippen molar-refractivity contribution in [2.24, 2.45) is 0 Å². The minimum Gasteiger partial charge on any atom is -0.467 e. The zero-order valence-electron chi connectivity index (χ0n) is 10.5. The van der Waals surface area contributed by atoms with Gasteiger partial charge < -0.3 is 10.1 Å². The van der Waals surface area contributed by atoms with Gasteiger partial charge in [-0.1, -0.05) is 41.9 Å². The molecule has 0 aliphatic rings. The molecule has 0 bridgehead atoms. The molecule has 0 aromatic heterocycles. The van der Waals surface area contributed by atoms with Gasteiger partial charge in [0.15, 0.2) is 6.04 Å². The van der Waals surface area contributed by atoms with Gasteiger partial charge in [-0.25, -0.2) is 4.79 Å². The summed E-state index contributed by atoms with van der Waals surface area (Å²) in [7, 11) is 1.37. The molecule has 0 saturated carbocycles. The van der Waals surface area contributed by atoms with Crippen molar-refractivity contribution in [1.82, 2.24) is 0 Å². The largest absolute Gasteiger partial charge is 0.467 e. The first-order valence-corrected chi connectivity index (χ1v) is 6.23. The van der Waals surface area contributed by atoms with Crippen LogP contribution in [0.25, 0.3) is 0 Å². The number of methoxy groups -OCH3 is 1. The molecule has 0 saturated heterocycles. The SMILES string of the molecule is COC(=O)C(Nc1ccccc1)c1cccc(Cl)c1. The number of anilines is 1. The molecule has 98 valence electrons. The molecule has 4 heteroatoms. The lowest BCUT2D eigenvalue weighted by Crippen LogP contribution is -2.22. The van der Waals surface area contributed by atoms with E-state index in [1.165, 1.54) is 7.11 Å². The molecule has 1 atom stereocenters. The van der Waals surface area contributed by atoms with Gasteiger partial charge in [0.25, 0.3) is 0 Å². The number of para-hydroxylation sites is 1. The molecule has 2 aromatic rings. The first-order chi connectivity index (χ1) is 9.20. The Morgan fingerprint density at radius 3 is 2.53 bits per heavy atom. The third-order valence-corrected chi connectivity index (χ3v) is 2.94. The molecule has 0 aliphatic heterocycles. The van der Waals surface area contributed by atoms with Gasteiger partial charge in [-0.15, -0.1) is 0 Å². The fourth-order valence-electron chi connectivity index (χ4n) is 1.78. The number of halogens is 1. The van der Waals surface area contributed by atoms with E-state index in [0.717, 1.165) is 11.3 Å². The number of nitrogens with one attached hydrogen (secondary N) is 1. The number of rotatable bonds is 4. The van der Waals surface area contributed by atoms with Crippen molar-refractivity contribution >= 4 is 23.3 Å². The van der Waals surface area contributed by atoms with Crippen molar-refractivity contribution in [1.29, 1.82) is 0 Å². The van der Waals surface area contributed by atoms with Crippen LogP contribution in [0.15, 0.2) is 54.6 Å². The summed E-state index contributed by atoms with van der Waals surface area (Å²) < 4.78 is 4.83. The van der Waals surface area contributed by atoms with Crippen molar-refractivity contribution in [3.8, 4) is 0 Å². The van der Waals surface area contributed by atoms with Gasteiger partial charge in [0.2, 0.25) is 0 Å². The first kappa shape index (κ1) is 13.4. The van der Waals surface area contributed by atoms with Crippen LogP contribution in [-0.2, 0) is 9.53 Å². The van der Waals surface area contributed by atoms with Gasteiger partial charge in [0, 0.05) is 10.7 Å². The van der Waals surface area contributed by atoms with E-state index in [9.17, 15) is 4.79 Å². The number of esters is 1. The van der Waals surface area contributed by atoms with Gasteiger partial charge in [-0.2, -0.15) is 0 Å². The molecular weight excluding hydrogens is 262 g/mol. The van der Waals surface area contributed by atoms with Crippen molar-refractivity contribution in [2.45, 2.75) is 6.04 Å². The Kier molecular flexibility index (Phi) is 4.42. The fraction of sp³-hybridized carbons (Fsp3) is 0.133. The Morgan fingerprint density at radius 1 is 1.16 bits per heavy atom. The molecule has 0 radical (unpaired) electrons. The van der Waals surface area contributed by atoms with Crippen LogP contribution in [-0.4, -0.2) is 13.1 Å². The molecule has 0 fully saturated rings. The highest BCUT2D eigenvalue weighted by Crippen LogP contribution is 2.23. The molecule has 1 N–H and O–H groups in total. The van der Waals surface area contributed by atoms with Gasteiger partial charge in [-0.05, 0) is 29.8 Å². The van der Waals surface area contributed by atoms with Crippen LogP contribution in [0.5, 0.6) is 0 Å². The van der Waals surface area contributed by atoms with Gasteiger partial charge in [0.1, 0.15) is 0 Å². The molecule has 2 aromatic carbocycles. The lowest BCUT2D eigenvalue weighted by Gasteiger charge is -2.18. The smallest absolute Gasteiger partial charge is 0.332 e. The van der Waals surface area contributed by atoms with Crippen LogP contribution in [0.4, 0.5) is 5.69 Å². The highest BCUT2D eigenvalue weighted by atomic mass is 35.5. The minimum atomic E-state index is -0.578. The number of benzene rings is 2. The molecule has 3 nitrogen and oxygen atoms in total. The van der Waals surface area contributed by atoms with Gasteiger partial charge >= 0.3 is 5.97 Å². The highest BCUT2D eigenvalue weighted by Gasteiger charge is 2.21. The average molecular weight is 276 g/mol. The summed E-state index contributed by atoms with van der Waals surface area (Å²) in [5.41, 5.74) is 1.61. The molecule has 2 rings (SSSR count). The molecule has 0 heterocycles. The number of carbonyl (C=O) groups excluding carboxylic acids is 1. The summed E-state index contributed by atoms with van der Waals surface area (Å²) in [5.74, 6) is -0.355. The standard InChI is InChI=1S/C15H14ClNO2/c1-19-15(18)14(11-6-5-7-12(16)10-11)17-13-8-3-2-4-9-13/h2-10,14,17H,1H3. The van der Waals surface area contributed by atoms with Gasteiger partial charge in [-0.3, -0.25) is 0 Å². The molecule has 0 amide bonds. The fourth-order valence-corrected chi connectivity index (χ4v) is 1.98. The molecule has 0 spiro atoms. The maximum atomic E-state index is 11.9. The second kappa shape index (κ2) is 6.25. The van der Waals surface area contributed by atoms with Crippen LogP contribution >= 0.6 is 11.6 Å². The number of ether oxygens (including phenoxy) is 1. The van der Waals surface area contributed by atoms with E-state index in [2.05, 4.69) is 5.32 Å². The second-order valence-corrected chi connectivity index (χ2v) is 4.46. The van der Waals surface area contributed by atoms with E-state index in [1.54, 1.807) is 18.2 Å². The Labute approximate surface area is 117 Å². The summed E-state index contributed by atoms with van der Waals surface area (Å²) in [6, 6.07) is 16.1. The molecule has 19 heavy (non-hydrogen) atoms. The number of carbonyl (C=O) groups is 1. The average Bonchev–Trinajstić information content (AvgIpc) is 2.45. The lowest BCUT2D eigenvalue weighted by atomic mass is 10.1. The van der Waals surface area contributed by atoms with Crippen LogP contribution in [0.1, 0.15) is 11.6 Å². The summed E-state index contributed by atoms with van der Waals surface area (Å²) >= 11 is 5.96. The highest BCUT2D eigenvalue weighted by molar-refractivity contribution is 6.30. The third-order valence-electron chi connectivity index (χ3n) is 2.70. The van der Waals surface area contributed by atoms with Gasteiger partial charge in [0.05, 0.1) is 7.11 Å². The zero-order chi connectivity index (χ0) is 13.7. The Bertz CT molecular complexity index is 557. The maximum absolute atomic E-state index is 11.9. The van der Waals surface area contributed by atoms with E-state index in [0.29, 0.717) is 5.02 Å². The monoisotopic (exact) mass is 275 g/mol. The van der Waals surface area contributed by atoms with Crippen LogP contribution in [0.3, 0.4) is 0 Å². The quantitative estimate of drug-likeness (QED) is 0.866. The maximum Gasteiger partial charge on any atom is 0.332 e. The molecule has 0 aliphatic carbocycles. The summed E-state index contributed by atoms with van der Waals surface area (Å²) in [6.45, 7) is 0. The molecule has 1 unspecified atom stereocenters. The molecular formula is C15H14ClNO2. The van der Waals surface area contributed by atoms with E-state index in [1.807, 2.05) is 36.4 Å². The summed E-state index contributed by atoms with van der Waals surface area (Å²) in [5, 5.41) is 3.72. The van der Waals surface area contributed by atoms with Crippen LogP contribution < -0.4 is 5.32 Å². The predicted molar refractivity (Wildman–Crippen MR) is 76.3 cm³/mol. The summed E-state index contributed by atoms with van der Waals surface area (Å²) in [6.07, 6.45) is 0. The Morgan fingerprint density at radius 2 is 1.89 bits per heavy atom. The topological polar surface area (TPSA) is 38.3 Å². The van der Waals surface area contributed by atoms with Crippen molar-refractivity contribution in [3.63, 3.8) is 0 Å². The van der Waals surface area contributed by atoms with Crippen molar-refractivity contribution in [3.05, 3.63) is 65.2 Å². The number of hydrogen-bond acceptors (Lipinski definition) is 3. The van der Waals surface area contributed by atoms with Crippen molar-refractivity contribution in [2.75, 3.05) is 12.4 Å². The lowest BCUT2D eigenvalue weighted by molar-refractivity contribution is -0.141. The normalized spacial score (nSPS) is 11.7. The second-order valence-electron chi connectivity index (χ2n) is 4.02. The van der Waals surface area contributed by atoms with Crippen molar-refractivity contribution < 1.29 is 9.53 Å². The van der Waals surface area contributed by atoms with Crippen LogP contribution in [0.2, 0.25) is 5.02 Å². The third kappa shape index (κ3) is 3.48. The van der Waals surface area contributed by atoms with E-state index in [-0.39, 0.29) is 5.97 Å². The van der Waals surface area contributed by atoms with E-state index in [4.69, 9.17) is 16.3 Å². The Balaban J connectivity index is 2.29. The Hall–Kier alpha value is -2.00. The van der Waals surface area contributed by atoms with Crippen LogP contribution in [0, 0.1) is 0 Å². The van der Waals surface area contributed by atoms with E-state index < -0.39 is 6.04 Å². The predicted octanol–water partition coefficient (Wildman–Crippen LogP) is 3.67. The zero-order valence-corrected chi connectivity index (χ0v) is 11.2.